The van der Waals surface area contributed by atoms with E-state index in [0.29, 0.717) is 23.6 Å². The zero-order valence-corrected chi connectivity index (χ0v) is 10.4. The Labute approximate surface area is 101 Å². The van der Waals surface area contributed by atoms with Crippen LogP contribution < -0.4 is 14.8 Å². The van der Waals surface area contributed by atoms with Crippen molar-refractivity contribution in [3.63, 3.8) is 0 Å². The van der Waals surface area contributed by atoms with Gasteiger partial charge in [-0.15, -0.1) is 6.58 Å². The average molecular weight is 235 g/mol. The molecule has 1 N–H and O–H groups in total. The average Bonchev–Trinajstić information content (AvgIpc) is 2.36. The van der Waals surface area contributed by atoms with Gasteiger partial charge in [0.25, 0.3) is 5.91 Å². The first-order valence-electron chi connectivity index (χ1n) is 5.25. The van der Waals surface area contributed by atoms with Crippen molar-refractivity contribution in [2.45, 2.75) is 6.92 Å². The van der Waals surface area contributed by atoms with E-state index in [-0.39, 0.29) is 5.91 Å². The maximum absolute atomic E-state index is 11.8. The number of nitrogens with one attached hydrogen (secondary N) is 1. The molecule has 0 aromatic heterocycles. The number of hydrogen-bond donors (Lipinski definition) is 1. The molecule has 1 rings (SSSR count). The fourth-order valence-electron chi connectivity index (χ4n) is 1.48. The van der Waals surface area contributed by atoms with E-state index < -0.39 is 0 Å². The Morgan fingerprint density at radius 3 is 2.29 bits per heavy atom. The first-order chi connectivity index (χ1) is 8.13. The predicted octanol–water partition coefficient (Wildman–Crippen LogP) is 1.93. The monoisotopic (exact) mass is 235 g/mol. The summed E-state index contributed by atoms with van der Waals surface area (Å²) in [6, 6.07) is 3.38. The summed E-state index contributed by atoms with van der Waals surface area (Å²) in [6.45, 7) is 5.85. The SMILES string of the molecule is C=CCNC(=O)c1cc(OC)c(C)c(OC)c1. The molecule has 0 radical (unpaired) electrons. The minimum absolute atomic E-state index is 0.179. The molecule has 0 aliphatic carbocycles. The van der Waals surface area contributed by atoms with Gasteiger partial charge in [-0.1, -0.05) is 6.08 Å². The first-order valence-corrected chi connectivity index (χ1v) is 5.25. The summed E-state index contributed by atoms with van der Waals surface area (Å²) in [7, 11) is 3.13. The minimum atomic E-state index is -0.179. The highest BCUT2D eigenvalue weighted by molar-refractivity contribution is 5.95. The minimum Gasteiger partial charge on any atom is -0.496 e. The lowest BCUT2D eigenvalue weighted by Crippen LogP contribution is -2.23. The van der Waals surface area contributed by atoms with Crippen LogP contribution in [-0.4, -0.2) is 26.7 Å². The topological polar surface area (TPSA) is 47.6 Å². The second-order valence-corrected chi connectivity index (χ2v) is 3.50. The maximum Gasteiger partial charge on any atom is 0.251 e. The highest BCUT2D eigenvalue weighted by atomic mass is 16.5. The van der Waals surface area contributed by atoms with E-state index in [2.05, 4.69) is 11.9 Å². The Hall–Kier alpha value is -1.97. The van der Waals surface area contributed by atoms with Gasteiger partial charge in [-0.3, -0.25) is 4.79 Å². The largest absolute Gasteiger partial charge is 0.496 e. The van der Waals surface area contributed by atoms with Crippen LogP contribution in [0.1, 0.15) is 15.9 Å². The van der Waals surface area contributed by atoms with E-state index in [0.717, 1.165) is 5.56 Å². The Morgan fingerprint density at radius 1 is 1.35 bits per heavy atom. The summed E-state index contributed by atoms with van der Waals surface area (Å²) in [5, 5.41) is 2.70. The number of amides is 1. The van der Waals surface area contributed by atoms with Gasteiger partial charge < -0.3 is 14.8 Å². The smallest absolute Gasteiger partial charge is 0.251 e. The Balaban J connectivity index is 3.08. The highest BCUT2D eigenvalue weighted by Crippen LogP contribution is 2.29. The van der Waals surface area contributed by atoms with E-state index >= 15 is 0 Å². The molecule has 0 saturated carbocycles. The third-order valence-corrected chi connectivity index (χ3v) is 2.42. The van der Waals surface area contributed by atoms with Crippen LogP contribution in [-0.2, 0) is 0 Å². The summed E-state index contributed by atoms with van der Waals surface area (Å²) in [6.07, 6.45) is 1.63. The molecule has 0 heterocycles. The van der Waals surface area contributed by atoms with Crippen molar-refractivity contribution in [1.29, 1.82) is 0 Å². The Bertz CT molecular complexity index is 402. The number of benzene rings is 1. The van der Waals surface area contributed by atoms with Gasteiger partial charge >= 0.3 is 0 Å². The second-order valence-electron chi connectivity index (χ2n) is 3.50. The van der Waals surface area contributed by atoms with E-state index in [4.69, 9.17) is 9.47 Å². The zero-order valence-electron chi connectivity index (χ0n) is 10.4. The van der Waals surface area contributed by atoms with Crippen LogP contribution in [0.15, 0.2) is 24.8 Å². The Morgan fingerprint density at radius 2 is 1.88 bits per heavy atom. The van der Waals surface area contributed by atoms with Crippen LogP contribution in [0.4, 0.5) is 0 Å². The quantitative estimate of drug-likeness (QED) is 0.793. The zero-order chi connectivity index (χ0) is 12.8. The molecular weight excluding hydrogens is 218 g/mol. The Kier molecular flexibility index (Phi) is 4.57. The summed E-state index contributed by atoms with van der Waals surface area (Å²) in [5.74, 6) is 1.09. The van der Waals surface area contributed by atoms with Gasteiger partial charge in [0.2, 0.25) is 0 Å². The molecule has 4 heteroatoms. The molecule has 92 valence electrons. The fraction of sp³-hybridized carbons (Fsp3) is 0.308. The number of carbonyl (C=O) groups is 1. The van der Waals surface area contributed by atoms with Crippen molar-refractivity contribution >= 4 is 5.91 Å². The van der Waals surface area contributed by atoms with Crippen LogP contribution in [0, 0.1) is 6.92 Å². The number of rotatable bonds is 5. The molecule has 0 spiro atoms. The van der Waals surface area contributed by atoms with E-state index in [1.54, 1.807) is 32.4 Å². The molecule has 0 saturated heterocycles. The summed E-state index contributed by atoms with van der Waals surface area (Å²) in [5.41, 5.74) is 1.38. The number of hydrogen-bond acceptors (Lipinski definition) is 3. The van der Waals surface area contributed by atoms with Gasteiger partial charge in [0.1, 0.15) is 11.5 Å². The van der Waals surface area contributed by atoms with Crippen molar-refractivity contribution in [2.75, 3.05) is 20.8 Å². The van der Waals surface area contributed by atoms with E-state index in [9.17, 15) is 4.79 Å². The normalized spacial score (nSPS) is 9.59. The van der Waals surface area contributed by atoms with Gasteiger partial charge in [0.05, 0.1) is 14.2 Å². The van der Waals surface area contributed by atoms with Crippen LogP contribution in [0.2, 0.25) is 0 Å². The van der Waals surface area contributed by atoms with Gasteiger partial charge in [-0.05, 0) is 19.1 Å². The van der Waals surface area contributed by atoms with Gasteiger partial charge in [-0.2, -0.15) is 0 Å². The third-order valence-electron chi connectivity index (χ3n) is 2.42. The molecule has 1 aromatic rings. The molecule has 17 heavy (non-hydrogen) atoms. The first kappa shape index (κ1) is 13.1. The summed E-state index contributed by atoms with van der Waals surface area (Å²) < 4.78 is 10.4. The van der Waals surface area contributed by atoms with Crippen molar-refractivity contribution in [3.05, 3.63) is 35.9 Å². The molecule has 1 amide bonds. The third kappa shape index (κ3) is 3.00. The van der Waals surface area contributed by atoms with Crippen molar-refractivity contribution in [2.24, 2.45) is 0 Å². The molecule has 0 aliphatic heterocycles. The fourth-order valence-corrected chi connectivity index (χ4v) is 1.48. The van der Waals surface area contributed by atoms with E-state index in [1.165, 1.54) is 0 Å². The molecule has 4 nitrogen and oxygen atoms in total. The second kappa shape index (κ2) is 5.94. The number of methoxy groups -OCH3 is 2. The van der Waals surface area contributed by atoms with Gasteiger partial charge in [0.15, 0.2) is 0 Å². The highest BCUT2D eigenvalue weighted by Gasteiger charge is 2.12. The lowest BCUT2D eigenvalue weighted by molar-refractivity contribution is 0.0957. The molecule has 0 aliphatic rings. The van der Waals surface area contributed by atoms with Crippen molar-refractivity contribution < 1.29 is 14.3 Å². The van der Waals surface area contributed by atoms with Crippen LogP contribution in [0.5, 0.6) is 11.5 Å². The predicted molar refractivity (Wildman–Crippen MR) is 66.8 cm³/mol. The lowest BCUT2D eigenvalue weighted by Gasteiger charge is -2.12. The lowest BCUT2D eigenvalue weighted by atomic mass is 10.1. The van der Waals surface area contributed by atoms with Crippen LogP contribution in [0.3, 0.4) is 0 Å². The molecule has 1 aromatic carbocycles. The molecule has 0 bridgehead atoms. The van der Waals surface area contributed by atoms with Crippen molar-refractivity contribution in [1.82, 2.24) is 5.32 Å². The molecule has 0 atom stereocenters. The summed E-state index contributed by atoms with van der Waals surface area (Å²) in [4.78, 5) is 11.8. The number of ether oxygens (including phenoxy) is 2. The van der Waals surface area contributed by atoms with Gasteiger partial charge in [0, 0.05) is 17.7 Å². The summed E-state index contributed by atoms with van der Waals surface area (Å²) >= 11 is 0. The maximum atomic E-state index is 11.8. The molecule has 0 fully saturated rings. The standard InChI is InChI=1S/C13H17NO3/c1-5-6-14-13(15)10-7-11(16-3)9(2)12(8-10)17-4/h5,7-8H,1,6H2,2-4H3,(H,14,15). The van der Waals surface area contributed by atoms with Crippen LogP contribution in [0.25, 0.3) is 0 Å². The van der Waals surface area contributed by atoms with Crippen molar-refractivity contribution in [3.8, 4) is 11.5 Å². The van der Waals surface area contributed by atoms with Crippen LogP contribution >= 0.6 is 0 Å². The van der Waals surface area contributed by atoms with E-state index in [1.807, 2.05) is 6.92 Å². The van der Waals surface area contributed by atoms with Gasteiger partial charge in [-0.25, -0.2) is 0 Å². The molecule has 0 unspecified atom stereocenters. The molecular formula is C13H17NO3. The number of carbonyl (C=O) groups excluding carboxylic acids is 1.